The number of alkyl halides is 1. The molecular weight excluding hydrogens is 341 g/mol. The molecule has 0 amide bonds. The molecule has 0 saturated heterocycles. The first-order valence-electron chi connectivity index (χ1n) is 6.49. The van der Waals surface area contributed by atoms with Gasteiger partial charge in [-0.3, -0.25) is 0 Å². The number of hydrogen-bond donors (Lipinski definition) is 0. The van der Waals surface area contributed by atoms with Crippen molar-refractivity contribution in [1.29, 1.82) is 0 Å². The van der Waals surface area contributed by atoms with Gasteiger partial charge in [-0.1, -0.05) is 36.0 Å². The lowest BCUT2D eigenvalue weighted by atomic mass is 10.2. The van der Waals surface area contributed by atoms with Crippen LogP contribution in [0.4, 0.5) is 0 Å². The Morgan fingerprint density at radius 1 is 1.10 bits per heavy atom. The van der Waals surface area contributed by atoms with Crippen molar-refractivity contribution in [2.45, 2.75) is 36.6 Å². The fourth-order valence-corrected chi connectivity index (χ4v) is 5.28. The Labute approximate surface area is 134 Å². The highest BCUT2D eigenvalue weighted by Crippen LogP contribution is 2.30. The van der Waals surface area contributed by atoms with Crippen LogP contribution in [0.1, 0.15) is 25.7 Å². The van der Waals surface area contributed by atoms with E-state index < -0.39 is 10.0 Å². The van der Waals surface area contributed by atoms with Crippen molar-refractivity contribution in [3.63, 3.8) is 0 Å². The van der Waals surface area contributed by atoms with Crippen LogP contribution < -0.4 is 0 Å². The molecular formula is C13H16Cl3NO2S. The zero-order chi connectivity index (χ0) is 14.8. The maximum absolute atomic E-state index is 12.8. The lowest BCUT2D eigenvalue weighted by molar-refractivity contribution is 0.337. The molecule has 0 N–H and O–H groups in total. The number of benzene rings is 1. The van der Waals surface area contributed by atoms with Crippen LogP contribution in [0.2, 0.25) is 10.0 Å². The summed E-state index contributed by atoms with van der Waals surface area (Å²) in [5.74, 6) is 0.268. The minimum Gasteiger partial charge on any atom is -0.207 e. The molecule has 0 unspecified atom stereocenters. The molecule has 1 fully saturated rings. The van der Waals surface area contributed by atoms with Gasteiger partial charge in [0.2, 0.25) is 10.0 Å². The van der Waals surface area contributed by atoms with Crippen molar-refractivity contribution in [2.75, 3.05) is 12.4 Å². The normalized spacial score (nSPS) is 17.0. The van der Waals surface area contributed by atoms with Gasteiger partial charge < -0.3 is 0 Å². The fourth-order valence-electron chi connectivity index (χ4n) is 2.59. The molecule has 20 heavy (non-hydrogen) atoms. The summed E-state index contributed by atoms with van der Waals surface area (Å²) in [5, 5.41) is 0.627. The Kier molecular flexibility index (Phi) is 5.60. The van der Waals surface area contributed by atoms with E-state index in [2.05, 4.69) is 0 Å². The summed E-state index contributed by atoms with van der Waals surface area (Å²) < 4.78 is 27.0. The summed E-state index contributed by atoms with van der Waals surface area (Å²) in [7, 11) is -3.61. The first-order valence-corrected chi connectivity index (χ1v) is 9.22. The third-order valence-electron chi connectivity index (χ3n) is 3.48. The molecule has 0 heterocycles. The van der Waals surface area contributed by atoms with E-state index in [-0.39, 0.29) is 16.8 Å². The summed E-state index contributed by atoms with van der Waals surface area (Å²) in [6.07, 6.45) is 3.86. The molecule has 112 valence electrons. The van der Waals surface area contributed by atoms with Crippen molar-refractivity contribution in [2.24, 2.45) is 0 Å². The Balaban J connectivity index is 2.38. The average Bonchev–Trinajstić information content (AvgIpc) is 2.88. The Bertz CT molecular complexity index is 551. The maximum atomic E-state index is 12.8. The highest BCUT2D eigenvalue weighted by atomic mass is 35.5. The predicted octanol–water partition coefficient (Wildman–Crippen LogP) is 4.17. The van der Waals surface area contributed by atoms with Gasteiger partial charge in [0, 0.05) is 28.5 Å². The summed E-state index contributed by atoms with van der Waals surface area (Å²) in [4.78, 5) is 0.131. The van der Waals surface area contributed by atoms with Crippen molar-refractivity contribution in [3.8, 4) is 0 Å². The summed E-state index contributed by atoms with van der Waals surface area (Å²) in [6, 6.07) is 4.40. The topological polar surface area (TPSA) is 37.4 Å². The van der Waals surface area contributed by atoms with E-state index in [1.807, 2.05) is 0 Å². The predicted molar refractivity (Wildman–Crippen MR) is 83.3 cm³/mol. The lowest BCUT2D eigenvalue weighted by Gasteiger charge is -2.27. The van der Waals surface area contributed by atoms with Gasteiger partial charge in [-0.05, 0) is 31.0 Å². The van der Waals surface area contributed by atoms with Crippen LogP contribution in [-0.2, 0) is 10.0 Å². The molecule has 0 radical (unpaired) electrons. The molecule has 3 nitrogen and oxygen atoms in total. The van der Waals surface area contributed by atoms with Crippen LogP contribution in [-0.4, -0.2) is 31.2 Å². The van der Waals surface area contributed by atoms with Gasteiger partial charge in [0.25, 0.3) is 0 Å². The van der Waals surface area contributed by atoms with E-state index in [1.165, 1.54) is 22.5 Å². The first kappa shape index (κ1) is 16.4. The van der Waals surface area contributed by atoms with Gasteiger partial charge in [0.1, 0.15) is 0 Å². The largest absolute Gasteiger partial charge is 0.243 e. The van der Waals surface area contributed by atoms with Crippen LogP contribution in [0.25, 0.3) is 0 Å². The highest BCUT2D eigenvalue weighted by molar-refractivity contribution is 7.89. The number of hydrogen-bond acceptors (Lipinski definition) is 2. The van der Waals surface area contributed by atoms with E-state index in [0.29, 0.717) is 16.6 Å². The smallest absolute Gasteiger partial charge is 0.207 e. The van der Waals surface area contributed by atoms with Crippen molar-refractivity contribution in [1.82, 2.24) is 4.31 Å². The average molecular weight is 357 g/mol. The van der Waals surface area contributed by atoms with Crippen molar-refractivity contribution >= 4 is 44.8 Å². The maximum Gasteiger partial charge on any atom is 0.243 e. The van der Waals surface area contributed by atoms with Crippen molar-refractivity contribution in [3.05, 3.63) is 28.2 Å². The van der Waals surface area contributed by atoms with Gasteiger partial charge in [-0.2, -0.15) is 4.31 Å². The highest BCUT2D eigenvalue weighted by Gasteiger charge is 2.33. The molecule has 1 aliphatic carbocycles. The second kappa shape index (κ2) is 6.84. The van der Waals surface area contributed by atoms with Gasteiger partial charge in [-0.25, -0.2) is 8.42 Å². The molecule has 1 saturated carbocycles. The van der Waals surface area contributed by atoms with Crippen LogP contribution in [0.5, 0.6) is 0 Å². The van der Waals surface area contributed by atoms with Gasteiger partial charge in [-0.15, -0.1) is 11.6 Å². The quantitative estimate of drug-likeness (QED) is 0.743. The van der Waals surface area contributed by atoms with Crippen LogP contribution in [0.3, 0.4) is 0 Å². The molecule has 0 bridgehead atoms. The van der Waals surface area contributed by atoms with E-state index in [0.717, 1.165) is 25.7 Å². The minimum absolute atomic E-state index is 0.0245. The van der Waals surface area contributed by atoms with Gasteiger partial charge >= 0.3 is 0 Å². The van der Waals surface area contributed by atoms with E-state index in [1.54, 1.807) is 0 Å². The minimum atomic E-state index is -3.61. The zero-order valence-corrected chi connectivity index (χ0v) is 13.9. The molecule has 0 atom stereocenters. The first-order chi connectivity index (χ1) is 9.45. The van der Waals surface area contributed by atoms with Gasteiger partial charge in [0.15, 0.2) is 0 Å². The number of nitrogens with zero attached hydrogens (tertiary/aromatic N) is 1. The van der Waals surface area contributed by atoms with E-state index in [9.17, 15) is 8.42 Å². The second-order valence-corrected chi connectivity index (χ2v) is 7.99. The summed E-state index contributed by atoms with van der Waals surface area (Å²) in [6.45, 7) is 0.304. The lowest BCUT2D eigenvalue weighted by Crippen LogP contribution is -2.40. The van der Waals surface area contributed by atoms with Crippen LogP contribution in [0.15, 0.2) is 23.1 Å². The Hall–Kier alpha value is -0.000000000000000111. The number of rotatable bonds is 5. The fraction of sp³-hybridized carbons (Fsp3) is 0.538. The molecule has 0 aromatic heterocycles. The molecule has 7 heteroatoms. The monoisotopic (exact) mass is 355 g/mol. The third-order valence-corrected chi connectivity index (χ3v) is 6.01. The molecule has 1 aliphatic rings. The molecule has 1 aromatic carbocycles. The zero-order valence-electron chi connectivity index (χ0n) is 10.9. The molecule has 0 aliphatic heterocycles. The molecule has 2 rings (SSSR count). The van der Waals surface area contributed by atoms with E-state index >= 15 is 0 Å². The third kappa shape index (κ3) is 3.60. The van der Waals surface area contributed by atoms with Gasteiger partial charge in [0.05, 0.1) is 4.90 Å². The van der Waals surface area contributed by atoms with Crippen LogP contribution in [0, 0.1) is 0 Å². The van der Waals surface area contributed by atoms with Crippen LogP contribution >= 0.6 is 34.8 Å². The standard InChI is InChI=1S/C13H16Cl3NO2S/c14-5-6-17(12-3-1-2-4-12)20(18,19)13-8-10(15)7-11(16)9-13/h7-9,12H,1-6H2. The SMILES string of the molecule is O=S(=O)(c1cc(Cl)cc(Cl)c1)N(CCCl)C1CCCC1. The Morgan fingerprint density at radius 3 is 2.15 bits per heavy atom. The molecule has 1 aromatic rings. The second-order valence-electron chi connectivity index (χ2n) is 4.85. The number of sulfonamides is 1. The summed E-state index contributed by atoms with van der Waals surface area (Å²) >= 11 is 17.6. The van der Waals surface area contributed by atoms with E-state index in [4.69, 9.17) is 34.8 Å². The van der Waals surface area contributed by atoms with Crippen molar-refractivity contribution < 1.29 is 8.42 Å². The summed E-state index contributed by atoms with van der Waals surface area (Å²) in [5.41, 5.74) is 0. The Morgan fingerprint density at radius 2 is 1.65 bits per heavy atom. The number of halogens is 3. The molecule has 0 spiro atoms.